The Morgan fingerprint density at radius 2 is 2.25 bits per heavy atom. The molecule has 8 heteroatoms. The van der Waals surface area contributed by atoms with Crippen LogP contribution >= 0.6 is 0 Å². The van der Waals surface area contributed by atoms with Crippen molar-refractivity contribution in [2.24, 2.45) is 0 Å². The van der Waals surface area contributed by atoms with Gasteiger partial charge in [-0.05, 0) is 19.9 Å². The minimum Gasteiger partial charge on any atom is -0.366 e. The molecule has 0 bridgehead atoms. The number of ether oxygens (including phenoxy) is 1. The summed E-state index contributed by atoms with van der Waals surface area (Å²) >= 11 is 0. The molecule has 3 heterocycles. The largest absolute Gasteiger partial charge is 0.366 e. The van der Waals surface area contributed by atoms with Crippen molar-refractivity contribution in [3.63, 3.8) is 0 Å². The topological polar surface area (TPSA) is 99.8 Å². The summed E-state index contributed by atoms with van der Waals surface area (Å²) in [4.78, 5) is 18.3. The van der Waals surface area contributed by atoms with Crippen LogP contribution < -0.4 is 0 Å². The molecule has 0 aliphatic carbocycles. The zero-order valence-corrected chi connectivity index (χ0v) is 11.4. The van der Waals surface area contributed by atoms with Crippen LogP contribution in [0.1, 0.15) is 33.9 Å². The fourth-order valence-corrected chi connectivity index (χ4v) is 2.18. The van der Waals surface area contributed by atoms with E-state index in [1.165, 1.54) is 0 Å². The van der Waals surface area contributed by atoms with Gasteiger partial charge in [-0.25, -0.2) is 4.98 Å². The first-order valence-corrected chi connectivity index (χ1v) is 6.45. The molecular formula is C12H16N6O2. The van der Waals surface area contributed by atoms with E-state index >= 15 is 0 Å². The van der Waals surface area contributed by atoms with Gasteiger partial charge in [0, 0.05) is 12.2 Å². The number of aryl methyl sites for hydroxylation is 2. The molecule has 0 radical (unpaired) electrons. The average Bonchev–Trinajstić information content (AvgIpc) is 3.07. The minimum absolute atomic E-state index is 0.102. The highest BCUT2D eigenvalue weighted by Gasteiger charge is 2.29. The number of hydrogen-bond acceptors (Lipinski definition) is 5. The highest BCUT2D eigenvalue weighted by atomic mass is 16.5. The Kier molecular flexibility index (Phi) is 3.23. The summed E-state index contributed by atoms with van der Waals surface area (Å²) in [6.07, 6.45) is -0.294. The summed E-state index contributed by atoms with van der Waals surface area (Å²) in [5, 5.41) is 13.6. The molecule has 20 heavy (non-hydrogen) atoms. The third-order valence-corrected chi connectivity index (χ3v) is 3.18. The lowest BCUT2D eigenvalue weighted by Crippen LogP contribution is -2.42. The number of morpholine rings is 1. The molecule has 2 aromatic rings. The van der Waals surface area contributed by atoms with Gasteiger partial charge in [-0.1, -0.05) is 0 Å². The Morgan fingerprint density at radius 3 is 2.90 bits per heavy atom. The molecule has 1 aliphatic heterocycles. The lowest BCUT2D eigenvalue weighted by molar-refractivity contribution is -0.0268. The van der Waals surface area contributed by atoms with Crippen LogP contribution in [0.25, 0.3) is 0 Å². The summed E-state index contributed by atoms with van der Waals surface area (Å²) in [5.74, 6) is 1.21. The Labute approximate surface area is 115 Å². The number of rotatable bonds is 2. The van der Waals surface area contributed by atoms with Gasteiger partial charge >= 0.3 is 0 Å². The number of aromatic amines is 2. The number of carbonyl (C=O) groups is 1. The maximum atomic E-state index is 12.3. The van der Waals surface area contributed by atoms with Crippen LogP contribution in [0.3, 0.4) is 0 Å². The van der Waals surface area contributed by atoms with E-state index in [2.05, 4.69) is 25.4 Å². The van der Waals surface area contributed by atoms with Gasteiger partial charge in [0.15, 0.2) is 5.82 Å². The normalized spacial score (nSPS) is 19.3. The van der Waals surface area contributed by atoms with Gasteiger partial charge in [0.2, 0.25) is 0 Å². The first-order chi connectivity index (χ1) is 9.63. The molecular weight excluding hydrogens is 260 g/mol. The third kappa shape index (κ3) is 2.42. The molecule has 2 N–H and O–H groups in total. The summed E-state index contributed by atoms with van der Waals surface area (Å²) < 4.78 is 5.63. The molecule has 1 unspecified atom stereocenters. The van der Waals surface area contributed by atoms with E-state index in [0.29, 0.717) is 31.2 Å². The van der Waals surface area contributed by atoms with Crippen LogP contribution in [0.5, 0.6) is 0 Å². The SMILES string of the molecule is Cc1cc(C(=O)N2CCOC(c3n[nH]c(C)n3)C2)n[nH]1. The number of carbonyl (C=O) groups excluding carboxylic acids is 1. The maximum Gasteiger partial charge on any atom is 0.274 e. The van der Waals surface area contributed by atoms with Gasteiger partial charge in [0.25, 0.3) is 5.91 Å². The highest BCUT2D eigenvalue weighted by molar-refractivity contribution is 5.92. The number of hydrogen-bond donors (Lipinski definition) is 2. The predicted octanol–water partition coefficient (Wildman–Crippen LogP) is 0.358. The van der Waals surface area contributed by atoms with E-state index < -0.39 is 0 Å². The Bertz CT molecular complexity index is 619. The maximum absolute atomic E-state index is 12.3. The molecule has 106 valence electrons. The molecule has 1 atom stereocenters. The van der Waals surface area contributed by atoms with E-state index in [4.69, 9.17) is 4.74 Å². The highest BCUT2D eigenvalue weighted by Crippen LogP contribution is 2.20. The standard InChI is InChI=1S/C12H16N6O2/c1-7-5-9(16-14-7)12(19)18-3-4-20-10(6-18)11-13-8(2)15-17-11/h5,10H,3-4,6H2,1-2H3,(H,14,16)(H,13,15,17). The Hall–Kier alpha value is -2.22. The number of nitrogens with zero attached hydrogens (tertiary/aromatic N) is 4. The second kappa shape index (κ2) is 5.04. The van der Waals surface area contributed by atoms with Gasteiger partial charge in [0.05, 0.1) is 13.2 Å². The second-order valence-electron chi connectivity index (χ2n) is 4.83. The summed E-state index contributed by atoms with van der Waals surface area (Å²) in [7, 11) is 0. The molecule has 1 amide bonds. The van der Waals surface area contributed by atoms with E-state index in [9.17, 15) is 4.79 Å². The number of nitrogens with one attached hydrogen (secondary N) is 2. The zero-order chi connectivity index (χ0) is 14.1. The van der Waals surface area contributed by atoms with Crippen molar-refractivity contribution in [1.82, 2.24) is 30.3 Å². The number of H-pyrrole nitrogens is 2. The van der Waals surface area contributed by atoms with Crippen molar-refractivity contribution < 1.29 is 9.53 Å². The third-order valence-electron chi connectivity index (χ3n) is 3.18. The van der Waals surface area contributed by atoms with Gasteiger partial charge in [-0.3, -0.25) is 15.0 Å². The molecule has 0 spiro atoms. The first-order valence-electron chi connectivity index (χ1n) is 6.45. The lowest BCUT2D eigenvalue weighted by atomic mass is 10.2. The van der Waals surface area contributed by atoms with Gasteiger partial charge in [0.1, 0.15) is 17.6 Å². The molecule has 1 fully saturated rings. The number of amides is 1. The van der Waals surface area contributed by atoms with E-state index in [1.54, 1.807) is 11.0 Å². The van der Waals surface area contributed by atoms with Crippen molar-refractivity contribution in [2.75, 3.05) is 19.7 Å². The summed E-state index contributed by atoms with van der Waals surface area (Å²) in [6, 6.07) is 1.74. The van der Waals surface area contributed by atoms with Crippen LogP contribution in [0.2, 0.25) is 0 Å². The monoisotopic (exact) mass is 276 g/mol. The molecule has 3 rings (SSSR count). The van der Waals surface area contributed by atoms with Crippen LogP contribution in [0.4, 0.5) is 0 Å². The fourth-order valence-electron chi connectivity index (χ4n) is 2.18. The van der Waals surface area contributed by atoms with Crippen LogP contribution in [-0.4, -0.2) is 55.9 Å². The molecule has 1 aliphatic rings. The zero-order valence-electron chi connectivity index (χ0n) is 11.4. The van der Waals surface area contributed by atoms with Gasteiger partial charge < -0.3 is 9.64 Å². The quantitative estimate of drug-likeness (QED) is 0.825. The summed E-state index contributed by atoms with van der Waals surface area (Å²) in [5.41, 5.74) is 1.29. The predicted molar refractivity (Wildman–Crippen MR) is 69.0 cm³/mol. The van der Waals surface area contributed by atoms with E-state index in [1.807, 2.05) is 13.8 Å². The first kappa shape index (κ1) is 12.8. The van der Waals surface area contributed by atoms with Crippen LogP contribution in [0, 0.1) is 13.8 Å². The van der Waals surface area contributed by atoms with Crippen molar-refractivity contribution in [3.05, 3.63) is 29.1 Å². The Balaban J connectivity index is 1.73. The Morgan fingerprint density at radius 1 is 1.40 bits per heavy atom. The molecule has 8 nitrogen and oxygen atoms in total. The van der Waals surface area contributed by atoms with E-state index in [-0.39, 0.29) is 12.0 Å². The molecule has 1 saturated heterocycles. The van der Waals surface area contributed by atoms with Crippen molar-refractivity contribution >= 4 is 5.91 Å². The van der Waals surface area contributed by atoms with Crippen molar-refractivity contribution in [1.29, 1.82) is 0 Å². The van der Waals surface area contributed by atoms with Crippen molar-refractivity contribution in [3.8, 4) is 0 Å². The van der Waals surface area contributed by atoms with Crippen LogP contribution in [-0.2, 0) is 4.74 Å². The average molecular weight is 276 g/mol. The van der Waals surface area contributed by atoms with E-state index in [0.717, 1.165) is 11.5 Å². The molecule has 0 aromatic carbocycles. The fraction of sp³-hybridized carbons (Fsp3) is 0.500. The van der Waals surface area contributed by atoms with Crippen LogP contribution in [0.15, 0.2) is 6.07 Å². The minimum atomic E-state index is -0.294. The second-order valence-corrected chi connectivity index (χ2v) is 4.83. The lowest BCUT2D eigenvalue weighted by Gasteiger charge is -2.31. The summed E-state index contributed by atoms with van der Waals surface area (Å²) in [6.45, 7) is 5.14. The number of aromatic nitrogens is 5. The smallest absolute Gasteiger partial charge is 0.274 e. The molecule has 0 saturated carbocycles. The molecule has 2 aromatic heterocycles. The van der Waals surface area contributed by atoms with Gasteiger partial charge in [-0.2, -0.15) is 10.2 Å². The van der Waals surface area contributed by atoms with Crippen molar-refractivity contribution in [2.45, 2.75) is 20.0 Å². The van der Waals surface area contributed by atoms with Gasteiger partial charge in [-0.15, -0.1) is 0 Å².